The molecular formula is C10H19N4O8PS-4. The molecule has 0 aliphatic carbocycles. The van der Waals surface area contributed by atoms with Crippen molar-refractivity contribution < 1.29 is 38.8 Å². The monoisotopic (exact) mass is 386 g/mol. The number of rotatable bonds is 9. The van der Waals surface area contributed by atoms with Gasteiger partial charge in [0.2, 0.25) is 0 Å². The fourth-order valence-corrected chi connectivity index (χ4v) is 2.05. The van der Waals surface area contributed by atoms with E-state index in [9.17, 15) is 14.7 Å². The third-order valence-corrected chi connectivity index (χ3v) is 3.09. The number of phosphoric acid groups is 1. The molecule has 0 heterocycles. The number of hydrogen-bond acceptors (Lipinski definition) is 10. The van der Waals surface area contributed by atoms with Gasteiger partial charge in [-0.2, -0.15) is 7.82 Å². The lowest BCUT2D eigenvalue weighted by Gasteiger charge is -2.36. The van der Waals surface area contributed by atoms with Crippen molar-refractivity contribution >= 4 is 36.8 Å². The van der Waals surface area contributed by atoms with Crippen molar-refractivity contribution in [2.75, 3.05) is 13.2 Å². The van der Waals surface area contributed by atoms with Gasteiger partial charge in [-0.3, -0.25) is 14.6 Å². The zero-order valence-electron chi connectivity index (χ0n) is 12.8. The van der Waals surface area contributed by atoms with Gasteiger partial charge in [0.05, 0.1) is 6.61 Å². The van der Waals surface area contributed by atoms with Gasteiger partial charge in [-0.15, -0.1) is 0 Å². The van der Waals surface area contributed by atoms with E-state index in [-0.39, 0.29) is 22.9 Å². The normalized spacial score (nSPS) is 11.7. The van der Waals surface area contributed by atoms with Gasteiger partial charge in [0.15, 0.2) is 5.96 Å². The van der Waals surface area contributed by atoms with Gasteiger partial charge >= 0.3 is 5.24 Å². The molecule has 0 aliphatic heterocycles. The quantitative estimate of drug-likeness (QED) is 0.150. The van der Waals surface area contributed by atoms with Crippen LogP contribution in [-0.2, 0) is 14.2 Å². The summed E-state index contributed by atoms with van der Waals surface area (Å²) in [7, 11) is -5.39. The van der Waals surface area contributed by atoms with E-state index in [1.165, 1.54) is 0 Å². The summed E-state index contributed by atoms with van der Waals surface area (Å²) >= 11 is 0.961. The summed E-state index contributed by atoms with van der Waals surface area (Å²) in [6, 6.07) is 0. The lowest BCUT2D eigenvalue weighted by molar-refractivity contribution is -0.432. The average Bonchev–Trinajstić information content (AvgIpc) is 2.40. The maximum atomic E-state index is 11.4. The van der Waals surface area contributed by atoms with Crippen LogP contribution in [0.25, 0.3) is 0 Å². The molecule has 0 aromatic carbocycles. The Morgan fingerprint density at radius 2 is 1.83 bits per heavy atom. The summed E-state index contributed by atoms with van der Waals surface area (Å²) in [6.45, 7) is 2.41. The molecule has 0 fully saturated rings. The van der Waals surface area contributed by atoms with Gasteiger partial charge in [0.25, 0.3) is 0 Å². The molecule has 0 aromatic rings. The number of amides is 1. The highest BCUT2D eigenvalue weighted by Crippen LogP contribution is 2.20. The second-order valence-electron chi connectivity index (χ2n) is 4.02. The molecule has 5 N–H and O–H groups in total. The number of nitrogens with one attached hydrogen (secondary N) is 1. The van der Waals surface area contributed by atoms with Gasteiger partial charge in [-0.25, -0.2) is 5.48 Å². The minimum absolute atomic E-state index is 0.0394. The predicted octanol–water partition coefficient (Wildman–Crippen LogP) is -3.88. The lowest BCUT2D eigenvalue weighted by Crippen LogP contribution is -2.26. The third-order valence-electron chi connectivity index (χ3n) is 1.99. The van der Waals surface area contributed by atoms with Crippen molar-refractivity contribution in [2.45, 2.75) is 31.4 Å². The zero-order chi connectivity index (χ0) is 19.2. The van der Waals surface area contributed by atoms with E-state index in [2.05, 4.69) is 10.5 Å². The number of carbonyl (C=O) groups is 2. The number of carbonyl (C=O) groups excluding carboxylic acids is 2. The van der Waals surface area contributed by atoms with Crippen LogP contribution in [0.5, 0.6) is 0 Å². The molecule has 0 aliphatic rings. The fraction of sp³-hybridized carbons (Fsp3) is 0.700. The molecule has 0 spiro atoms. The van der Waals surface area contributed by atoms with Crippen molar-refractivity contribution in [3.63, 3.8) is 0 Å². The summed E-state index contributed by atoms with van der Waals surface area (Å²) in [5.41, 5.74) is 12.6. The van der Waals surface area contributed by atoms with Crippen LogP contribution in [0.1, 0.15) is 26.2 Å². The van der Waals surface area contributed by atoms with Gasteiger partial charge in [-0.1, -0.05) is 11.8 Å². The highest BCUT2D eigenvalue weighted by atomic mass is 32.2. The number of hydroxylamine groups is 1. The molecular weight excluding hydrogens is 367 g/mol. The van der Waals surface area contributed by atoms with Gasteiger partial charge < -0.3 is 40.6 Å². The van der Waals surface area contributed by atoms with Crippen LogP contribution in [-0.4, -0.2) is 35.6 Å². The van der Waals surface area contributed by atoms with Crippen LogP contribution in [0.15, 0.2) is 4.99 Å². The first-order chi connectivity index (χ1) is 11.0. The number of carboxylic acids is 1. The number of nitrogens with zero attached hydrogens (tertiary/aromatic N) is 1. The number of aliphatic imine (C=N–C) groups is 1. The Morgan fingerprint density at radius 1 is 1.29 bits per heavy atom. The summed E-state index contributed by atoms with van der Waals surface area (Å²) in [6.07, 6.45) is 0.656. The SMILES string of the molecule is CCONC(=O)SC(CCN=C(N)N)CCC(=O)[O-].O=P([O-])([O-])[O-]. The zero-order valence-corrected chi connectivity index (χ0v) is 14.5. The molecule has 0 aromatic heterocycles. The number of carboxylic acid groups (broad SMARTS) is 1. The Bertz CT molecular complexity index is 446. The molecule has 24 heavy (non-hydrogen) atoms. The molecule has 0 rings (SSSR count). The van der Waals surface area contributed by atoms with E-state index < -0.39 is 13.8 Å². The number of thioether (sulfide) groups is 1. The van der Waals surface area contributed by atoms with Crippen LogP contribution in [0.2, 0.25) is 0 Å². The number of aliphatic carboxylic acids is 1. The van der Waals surface area contributed by atoms with E-state index in [0.29, 0.717) is 26.0 Å². The first kappa shape index (κ1) is 24.9. The van der Waals surface area contributed by atoms with Crippen molar-refractivity contribution in [1.82, 2.24) is 5.48 Å². The third kappa shape index (κ3) is 25.6. The van der Waals surface area contributed by atoms with Gasteiger partial charge in [0.1, 0.15) is 0 Å². The van der Waals surface area contributed by atoms with E-state index in [1.54, 1.807) is 6.92 Å². The molecule has 0 saturated heterocycles. The first-order valence-electron chi connectivity index (χ1n) is 6.52. The Labute approximate surface area is 142 Å². The maximum absolute atomic E-state index is 11.4. The standard InChI is InChI=1S/C10H20N4O4S.H3O4P/c1-2-18-14-10(17)19-7(3-4-8(15)16)5-6-13-9(11)12;1-5(2,3)4/h7H,2-6H2,1H3,(H,14,17)(H,15,16)(H4,11,12,13);(H3,1,2,3,4)/p-4. The van der Waals surface area contributed by atoms with E-state index in [1.807, 2.05) is 0 Å². The largest absolute Gasteiger partial charge is 0.822 e. The van der Waals surface area contributed by atoms with Crippen LogP contribution < -0.4 is 36.7 Å². The second-order valence-corrected chi connectivity index (χ2v) is 6.18. The fourth-order valence-electron chi connectivity index (χ4n) is 1.19. The van der Waals surface area contributed by atoms with Gasteiger partial charge in [0, 0.05) is 17.8 Å². The smallest absolute Gasteiger partial charge is 0.302 e. The van der Waals surface area contributed by atoms with E-state index in [4.69, 9.17) is 35.6 Å². The minimum atomic E-state index is -5.39. The first-order valence-corrected chi connectivity index (χ1v) is 8.86. The minimum Gasteiger partial charge on any atom is -0.822 e. The Kier molecular flexibility index (Phi) is 14.5. The molecule has 0 bridgehead atoms. The molecule has 1 unspecified atom stereocenters. The molecule has 142 valence electrons. The van der Waals surface area contributed by atoms with Crippen molar-refractivity contribution in [3.8, 4) is 0 Å². The number of guanidine groups is 1. The Balaban J connectivity index is 0. The van der Waals surface area contributed by atoms with Crippen LogP contribution in [0.3, 0.4) is 0 Å². The summed E-state index contributed by atoms with van der Waals surface area (Å²) < 4.78 is 8.55. The Hall–Kier alpha value is -1.37. The highest BCUT2D eigenvalue weighted by molar-refractivity contribution is 8.14. The molecule has 0 saturated carbocycles. The predicted molar refractivity (Wildman–Crippen MR) is 78.7 cm³/mol. The molecule has 1 amide bonds. The molecule has 1 atom stereocenters. The van der Waals surface area contributed by atoms with E-state index in [0.717, 1.165) is 11.8 Å². The number of nitrogens with two attached hydrogens (primary N) is 2. The van der Waals surface area contributed by atoms with Crippen LogP contribution >= 0.6 is 19.6 Å². The maximum Gasteiger partial charge on any atom is 0.302 e. The Morgan fingerprint density at radius 3 is 2.25 bits per heavy atom. The van der Waals surface area contributed by atoms with Crippen molar-refractivity contribution in [1.29, 1.82) is 0 Å². The summed E-state index contributed by atoms with van der Waals surface area (Å²) in [5.74, 6) is -1.19. The lowest BCUT2D eigenvalue weighted by atomic mass is 10.2. The van der Waals surface area contributed by atoms with Crippen molar-refractivity contribution in [2.24, 2.45) is 16.5 Å². The van der Waals surface area contributed by atoms with Crippen molar-refractivity contribution in [3.05, 3.63) is 0 Å². The summed E-state index contributed by atoms with van der Waals surface area (Å²) in [4.78, 5) is 56.1. The summed E-state index contributed by atoms with van der Waals surface area (Å²) in [5, 5.41) is 9.83. The van der Waals surface area contributed by atoms with Crippen LogP contribution in [0, 0.1) is 0 Å². The van der Waals surface area contributed by atoms with Crippen LogP contribution in [0.4, 0.5) is 4.79 Å². The molecule has 12 nitrogen and oxygen atoms in total. The number of hydrogen-bond donors (Lipinski definition) is 3. The second kappa shape index (κ2) is 14.0. The highest BCUT2D eigenvalue weighted by Gasteiger charge is 2.14. The molecule has 0 radical (unpaired) electrons. The molecule has 14 heteroatoms. The van der Waals surface area contributed by atoms with E-state index >= 15 is 0 Å². The average molecular weight is 386 g/mol. The topological polar surface area (TPSA) is 229 Å². The van der Waals surface area contributed by atoms with Gasteiger partial charge in [-0.05, 0) is 26.2 Å².